The molecule has 0 amide bonds. The van der Waals surface area contributed by atoms with Crippen LogP contribution in [0.4, 0.5) is 13.2 Å². The Labute approximate surface area is 242 Å². The lowest BCUT2D eigenvalue weighted by atomic mass is 9.97. The summed E-state index contributed by atoms with van der Waals surface area (Å²) in [7, 11) is -0.779. The first-order valence-corrected chi connectivity index (χ1v) is 14.5. The largest absolute Gasteiger partial charge is 0.434 e. The van der Waals surface area contributed by atoms with Gasteiger partial charge in [0.2, 0.25) is 10.0 Å². The molecule has 5 aromatic rings. The van der Waals surface area contributed by atoms with Crippen LogP contribution in [0.2, 0.25) is 0 Å². The van der Waals surface area contributed by atoms with Gasteiger partial charge in [-0.25, -0.2) is 22.4 Å². The number of alkyl halides is 3. The molecule has 0 aliphatic heterocycles. The minimum Gasteiger partial charge on any atom is -0.301 e. The summed E-state index contributed by atoms with van der Waals surface area (Å²) in [6.45, 7) is 5.50. The zero-order chi connectivity index (χ0) is 30.4. The fraction of sp³-hybridized carbons (Fsp3) is 0.233. The number of aryl methyl sites for hydroxylation is 2. The number of imidazole rings is 1. The third kappa shape index (κ3) is 5.47. The second-order valence-electron chi connectivity index (χ2n) is 10.3. The van der Waals surface area contributed by atoms with E-state index in [0.717, 1.165) is 27.3 Å². The molecule has 0 aliphatic rings. The van der Waals surface area contributed by atoms with Gasteiger partial charge < -0.3 is 4.57 Å². The highest BCUT2D eigenvalue weighted by Gasteiger charge is 2.35. The van der Waals surface area contributed by atoms with Crippen LogP contribution in [-0.4, -0.2) is 51.4 Å². The van der Waals surface area contributed by atoms with E-state index < -0.39 is 21.9 Å². The first kappa shape index (κ1) is 29.2. The summed E-state index contributed by atoms with van der Waals surface area (Å²) in [5.74, 6) is -0.0102. The second kappa shape index (κ2) is 10.8. The molecule has 0 saturated carbocycles. The molecule has 1 unspecified atom stereocenters. The molecule has 2 aromatic heterocycles. The van der Waals surface area contributed by atoms with Crippen LogP contribution in [0.25, 0.3) is 22.5 Å². The van der Waals surface area contributed by atoms with Crippen molar-refractivity contribution in [3.05, 3.63) is 107 Å². The number of sulfonamides is 1. The predicted octanol–water partition coefficient (Wildman–Crippen LogP) is 6.16. The maximum atomic E-state index is 13.6. The monoisotopic (exact) mass is 594 g/mol. The van der Waals surface area contributed by atoms with Gasteiger partial charge in [-0.1, -0.05) is 60.2 Å². The summed E-state index contributed by atoms with van der Waals surface area (Å²) >= 11 is 0. The molecule has 0 saturated heterocycles. The SMILES string of the molecule is Cc1ccc(C(C)c2cnnn2-c2cc(-c3cccc(S(=O)(=O)N(C)C)c3)ccc2-n2cc(C(F)(F)F)nc2C)cc1. The normalized spacial score (nSPS) is 13.1. The van der Waals surface area contributed by atoms with Crippen LogP contribution in [-0.2, 0) is 16.2 Å². The molecule has 0 aliphatic carbocycles. The van der Waals surface area contributed by atoms with Gasteiger partial charge in [-0.2, -0.15) is 13.2 Å². The van der Waals surface area contributed by atoms with Gasteiger partial charge in [0, 0.05) is 26.2 Å². The molecule has 12 heteroatoms. The molecule has 0 fully saturated rings. The van der Waals surface area contributed by atoms with E-state index in [0.29, 0.717) is 22.5 Å². The van der Waals surface area contributed by atoms with Gasteiger partial charge in [-0.05, 0) is 54.8 Å². The van der Waals surface area contributed by atoms with Crippen molar-refractivity contribution in [1.29, 1.82) is 0 Å². The van der Waals surface area contributed by atoms with E-state index in [-0.39, 0.29) is 16.6 Å². The Balaban J connectivity index is 1.71. The molecule has 0 bridgehead atoms. The lowest BCUT2D eigenvalue weighted by molar-refractivity contribution is -0.141. The average Bonchev–Trinajstić information content (AvgIpc) is 3.60. The van der Waals surface area contributed by atoms with E-state index in [1.807, 2.05) is 38.1 Å². The van der Waals surface area contributed by atoms with Crippen LogP contribution in [0.3, 0.4) is 0 Å². The molecule has 218 valence electrons. The Morgan fingerprint density at radius 3 is 2.24 bits per heavy atom. The molecular weight excluding hydrogens is 565 g/mol. The third-order valence-electron chi connectivity index (χ3n) is 7.18. The highest BCUT2D eigenvalue weighted by atomic mass is 32.2. The fourth-order valence-corrected chi connectivity index (χ4v) is 5.68. The predicted molar refractivity (Wildman–Crippen MR) is 153 cm³/mol. The van der Waals surface area contributed by atoms with Crippen molar-refractivity contribution in [3.8, 4) is 22.5 Å². The standard InChI is InChI=1S/C30H29F3N6O2S/c1-19-9-11-22(12-10-19)20(2)28-17-34-36-39(28)27-16-24(23-7-6-8-25(15-23)42(40,41)37(4)5)13-14-26(27)38-18-29(30(31,32)33)35-21(38)3/h6-18,20H,1-5H3. The summed E-state index contributed by atoms with van der Waals surface area (Å²) in [4.78, 5) is 3.87. The van der Waals surface area contributed by atoms with Gasteiger partial charge in [0.1, 0.15) is 5.82 Å². The molecule has 42 heavy (non-hydrogen) atoms. The molecule has 0 spiro atoms. The molecule has 1 atom stereocenters. The maximum Gasteiger partial charge on any atom is 0.434 e. The topological polar surface area (TPSA) is 85.9 Å². The van der Waals surface area contributed by atoms with Gasteiger partial charge in [0.25, 0.3) is 0 Å². The van der Waals surface area contributed by atoms with Crippen molar-refractivity contribution >= 4 is 10.0 Å². The highest BCUT2D eigenvalue weighted by molar-refractivity contribution is 7.89. The zero-order valence-corrected chi connectivity index (χ0v) is 24.4. The summed E-state index contributed by atoms with van der Waals surface area (Å²) in [6.07, 6.45) is -2.03. The van der Waals surface area contributed by atoms with E-state index in [4.69, 9.17) is 0 Å². The summed E-state index contributed by atoms with van der Waals surface area (Å²) < 4.78 is 70.5. The van der Waals surface area contributed by atoms with Gasteiger partial charge in [0.15, 0.2) is 5.69 Å². The summed E-state index contributed by atoms with van der Waals surface area (Å²) in [5, 5.41) is 8.50. The van der Waals surface area contributed by atoms with E-state index in [2.05, 4.69) is 15.3 Å². The van der Waals surface area contributed by atoms with Crippen molar-refractivity contribution in [2.75, 3.05) is 14.1 Å². The molecule has 8 nitrogen and oxygen atoms in total. The molecular formula is C30H29F3N6O2S. The lowest BCUT2D eigenvalue weighted by Crippen LogP contribution is -2.22. The van der Waals surface area contributed by atoms with Gasteiger partial charge >= 0.3 is 6.18 Å². The summed E-state index contributed by atoms with van der Waals surface area (Å²) in [5.41, 5.74) is 3.94. The Bertz CT molecular complexity index is 1860. The first-order valence-electron chi connectivity index (χ1n) is 13.1. The third-order valence-corrected chi connectivity index (χ3v) is 8.99. The van der Waals surface area contributed by atoms with Crippen LogP contribution >= 0.6 is 0 Å². The number of halogens is 3. The Morgan fingerprint density at radius 2 is 1.60 bits per heavy atom. The van der Waals surface area contributed by atoms with Crippen LogP contribution in [0.15, 0.2) is 84.0 Å². The van der Waals surface area contributed by atoms with Crippen molar-refractivity contribution in [1.82, 2.24) is 28.9 Å². The molecule has 2 heterocycles. The van der Waals surface area contributed by atoms with Crippen LogP contribution in [0.5, 0.6) is 0 Å². The smallest absolute Gasteiger partial charge is 0.301 e. The highest BCUT2D eigenvalue weighted by Crippen LogP contribution is 2.34. The summed E-state index contributed by atoms with van der Waals surface area (Å²) in [6, 6.07) is 19.7. The number of benzene rings is 3. The zero-order valence-electron chi connectivity index (χ0n) is 23.6. The second-order valence-corrected chi connectivity index (χ2v) is 12.4. The Kier molecular flexibility index (Phi) is 7.54. The first-order chi connectivity index (χ1) is 19.8. The molecule has 0 radical (unpaired) electrons. The van der Waals surface area contributed by atoms with Gasteiger partial charge in [-0.3, -0.25) is 0 Å². The molecule has 0 N–H and O–H groups in total. The maximum absolute atomic E-state index is 13.6. The fourth-order valence-electron chi connectivity index (χ4n) is 4.73. The number of hydrogen-bond donors (Lipinski definition) is 0. The van der Waals surface area contributed by atoms with Crippen LogP contribution in [0, 0.1) is 13.8 Å². The van der Waals surface area contributed by atoms with Crippen molar-refractivity contribution < 1.29 is 21.6 Å². The lowest BCUT2D eigenvalue weighted by Gasteiger charge is -2.19. The number of rotatable bonds is 7. The quantitative estimate of drug-likeness (QED) is 0.225. The van der Waals surface area contributed by atoms with E-state index in [1.165, 1.54) is 31.7 Å². The Morgan fingerprint density at radius 1 is 0.905 bits per heavy atom. The number of hydrogen-bond acceptors (Lipinski definition) is 5. The van der Waals surface area contributed by atoms with E-state index in [9.17, 15) is 21.6 Å². The van der Waals surface area contributed by atoms with Crippen LogP contribution < -0.4 is 0 Å². The minimum atomic E-state index is -4.62. The van der Waals surface area contributed by atoms with E-state index in [1.54, 1.807) is 47.3 Å². The minimum absolute atomic E-state index is 0.116. The van der Waals surface area contributed by atoms with Crippen molar-refractivity contribution in [2.45, 2.75) is 37.8 Å². The van der Waals surface area contributed by atoms with Crippen LogP contribution in [0.1, 0.15) is 41.2 Å². The van der Waals surface area contributed by atoms with Gasteiger partial charge in [0.05, 0.1) is 28.2 Å². The van der Waals surface area contributed by atoms with Gasteiger partial charge in [-0.15, -0.1) is 5.10 Å². The molecule has 5 rings (SSSR count). The Hall–Kier alpha value is -4.29. The number of aromatic nitrogens is 5. The number of nitrogens with zero attached hydrogens (tertiary/aromatic N) is 6. The molecule has 3 aromatic carbocycles. The van der Waals surface area contributed by atoms with Crippen molar-refractivity contribution in [2.24, 2.45) is 0 Å². The van der Waals surface area contributed by atoms with Crippen molar-refractivity contribution in [3.63, 3.8) is 0 Å². The van der Waals surface area contributed by atoms with E-state index >= 15 is 0 Å². The average molecular weight is 595 g/mol.